The van der Waals surface area contributed by atoms with E-state index in [-0.39, 0.29) is 54.1 Å². The van der Waals surface area contributed by atoms with E-state index in [2.05, 4.69) is 68.9 Å². The fraction of sp³-hybridized carbons (Fsp3) is 0.574. The first-order valence-electron chi connectivity index (χ1n) is 22.5. The lowest BCUT2D eigenvalue weighted by Gasteiger charge is -2.38. The molecule has 6 aliphatic heterocycles. The van der Waals surface area contributed by atoms with Crippen LogP contribution in [-0.4, -0.2) is 78.6 Å². The van der Waals surface area contributed by atoms with Gasteiger partial charge in [0.15, 0.2) is 5.66 Å². The van der Waals surface area contributed by atoms with Crippen LogP contribution in [0.5, 0.6) is 11.5 Å². The maximum Gasteiger partial charge on any atom is 0.224 e. The summed E-state index contributed by atoms with van der Waals surface area (Å²) in [5.74, 6) is 3.45. The smallest absolute Gasteiger partial charge is 0.224 e. The van der Waals surface area contributed by atoms with Gasteiger partial charge in [-0.05, 0) is 122 Å². The topological polar surface area (TPSA) is 187 Å². The molecule has 6 aliphatic rings. The van der Waals surface area contributed by atoms with Crippen molar-refractivity contribution in [3.63, 3.8) is 0 Å². The lowest BCUT2D eigenvalue weighted by Crippen LogP contribution is -2.55. The van der Waals surface area contributed by atoms with Crippen molar-refractivity contribution < 1.29 is 28.5 Å². The molecule has 4 aromatic rings. The molecule has 3 unspecified atom stereocenters. The highest BCUT2D eigenvalue weighted by Gasteiger charge is 2.49. The van der Waals surface area contributed by atoms with Crippen molar-refractivity contribution in [3.05, 3.63) is 59.4 Å². The van der Waals surface area contributed by atoms with Crippen LogP contribution in [0.1, 0.15) is 122 Å². The Bertz CT molecular complexity index is 2290. The average Bonchev–Trinajstić information content (AvgIpc) is 4.03. The number of rotatable bonds is 8. The second kappa shape index (κ2) is 15.2. The molecular formula is C47H60N8O6. The molecule has 0 aliphatic carbocycles. The van der Waals surface area contributed by atoms with E-state index in [9.17, 15) is 9.59 Å². The zero-order valence-electron chi connectivity index (χ0n) is 36.1. The van der Waals surface area contributed by atoms with Gasteiger partial charge in [0, 0.05) is 58.8 Å². The minimum atomic E-state index is -1.03. The fourth-order valence-electron chi connectivity index (χ4n) is 11.7. The van der Waals surface area contributed by atoms with E-state index < -0.39 is 11.3 Å². The molecule has 6 N–H and O–H groups in total. The third-order valence-corrected chi connectivity index (χ3v) is 14.3. The second-order valence-electron chi connectivity index (χ2n) is 19.1. The molecule has 0 radical (unpaired) electrons. The number of aromatic nitrogens is 4. The molecule has 0 spiro atoms. The first kappa shape index (κ1) is 40.3. The monoisotopic (exact) mass is 832 g/mol. The number of nitrogens with zero attached hydrogens (tertiary/aromatic N) is 4. The zero-order valence-corrected chi connectivity index (χ0v) is 36.1. The van der Waals surface area contributed by atoms with E-state index in [0.29, 0.717) is 57.1 Å². The molecule has 10 rings (SSSR count). The summed E-state index contributed by atoms with van der Waals surface area (Å²) in [7, 11) is 0. The Morgan fingerprint density at radius 1 is 0.705 bits per heavy atom. The minimum Gasteiger partial charge on any atom is -0.488 e. The highest BCUT2D eigenvalue weighted by atomic mass is 16.5. The fourth-order valence-corrected chi connectivity index (χ4v) is 11.7. The molecular weight excluding hydrogens is 773 g/mol. The summed E-state index contributed by atoms with van der Waals surface area (Å²) >= 11 is 0. The Kier molecular flexibility index (Phi) is 10.1. The molecule has 9 atom stereocenters. The Labute approximate surface area is 357 Å². The number of carbonyl (C=O) groups excluding carboxylic acids is 2. The van der Waals surface area contributed by atoms with E-state index in [1.54, 1.807) is 6.20 Å². The summed E-state index contributed by atoms with van der Waals surface area (Å²) in [5.41, 5.74) is 19.7. The number of ether oxygens (including phenoxy) is 4. The molecule has 4 fully saturated rings. The van der Waals surface area contributed by atoms with Crippen LogP contribution in [0.15, 0.2) is 36.7 Å². The highest BCUT2D eigenvalue weighted by molar-refractivity contribution is 5.88. The normalized spacial score (nSPS) is 31.8. The maximum absolute atomic E-state index is 13.9. The number of H-pyrrole nitrogens is 2. The molecule has 2 aromatic heterocycles. The number of imidazole rings is 2. The summed E-state index contributed by atoms with van der Waals surface area (Å²) < 4.78 is 24.8. The van der Waals surface area contributed by atoms with Gasteiger partial charge in [-0.2, -0.15) is 0 Å². The molecule has 0 saturated carbocycles. The summed E-state index contributed by atoms with van der Waals surface area (Å²) in [5, 5.41) is 0. The minimum absolute atomic E-state index is 0.00998. The van der Waals surface area contributed by atoms with Crippen molar-refractivity contribution in [1.29, 1.82) is 0 Å². The van der Waals surface area contributed by atoms with Crippen LogP contribution < -0.4 is 20.9 Å². The maximum atomic E-state index is 13.9. The highest BCUT2D eigenvalue weighted by Crippen LogP contribution is 2.51. The van der Waals surface area contributed by atoms with Gasteiger partial charge in [0.25, 0.3) is 0 Å². The Balaban J connectivity index is 0.874. The van der Waals surface area contributed by atoms with E-state index in [1.165, 1.54) is 0 Å². The van der Waals surface area contributed by atoms with Crippen molar-refractivity contribution in [2.45, 2.75) is 154 Å². The summed E-state index contributed by atoms with van der Waals surface area (Å²) in [6.07, 6.45) is 11.5. The first-order chi connectivity index (χ1) is 29.3. The van der Waals surface area contributed by atoms with Crippen molar-refractivity contribution >= 4 is 11.8 Å². The quantitative estimate of drug-likeness (QED) is 0.145. The molecule has 324 valence electrons. The number of hydrogen-bond acceptors (Lipinski definition) is 10. The lowest BCUT2D eigenvalue weighted by atomic mass is 9.87. The average molecular weight is 833 g/mol. The lowest BCUT2D eigenvalue weighted by molar-refractivity contribution is -0.141. The predicted octanol–water partition coefficient (Wildman–Crippen LogP) is 6.96. The molecule has 8 heterocycles. The number of hydrogen-bond donors (Lipinski definition) is 4. The van der Waals surface area contributed by atoms with E-state index >= 15 is 0 Å². The molecule has 61 heavy (non-hydrogen) atoms. The van der Waals surface area contributed by atoms with Crippen LogP contribution in [0.25, 0.3) is 33.6 Å². The van der Waals surface area contributed by atoms with Crippen molar-refractivity contribution in [2.24, 2.45) is 23.3 Å². The van der Waals surface area contributed by atoms with Gasteiger partial charge in [-0.25, -0.2) is 9.97 Å². The van der Waals surface area contributed by atoms with Gasteiger partial charge < -0.3 is 50.2 Å². The molecule has 0 bridgehead atoms. The number of benzene rings is 2. The Morgan fingerprint density at radius 2 is 1.20 bits per heavy atom. The van der Waals surface area contributed by atoms with E-state index in [0.717, 1.165) is 94.8 Å². The van der Waals surface area contributed by atoms with Crippen LogP contribution in [0.2, 0.25) is 0 Å². The molecule has 14 heteroatoms. The molecule has 14 nitrogen and oxygen atoms in total. The molecule has 4 saturated heterocycles. The van der Waals surface area contributed by atoms with Gasteiger partial charge in [-0.15, -0.1) is 0 Å². The van der Waals surface area contributed by atoms with Gasteiger partial charge >= 0.3 is 0 Å². The Hall–Kier alpha value is -4.76. The van der Waals surface area contributed by atoms with Crippen molar-refractivity contribution in [3.8, 4) is 45.1 Å². The number of nitrogens with one attached hydrogen (secondary N) is 2. The van der Waals surface area contributed by atoms with Gasteiger partial charge in [0.05, 0.1) is 48.2 Å². The Morgan fingerprint density at radius 3 is 1.72 bits per heavy atom. The first-order valence-corrected chi connectivity index (χ1v) is 22.5. The number of nitrogens with two attached hydrogens (primary N) is 2. The van der Waals surface area contributed by atoms with Gasteiger partial charge in [-0.3, -0.25) is 9.59 Å². The van der Waals surface area contributed by atoms with Crippen LogP contribution in [-0.2, 0) is 43.6 Å². The third kappa shape index (κ3) is 7.13. The summed E-state index contributed by atoms with van der Waals surface area (Å²) in [6, 6.07) is 8.37. The third-order valence-electron chi connectivity index (χ3n) is 14.3. The summed E-state index contributed by atoms with van der Waals surface area (Å²) in [4.78, 5) is 48.0. The second-order valence-corrected chi connectivity index (χ2v) is 19.1. The van der Waals surface area contributed by atoms with Crippen molar-refractivity contribution in [2.75, 3.05) is 6.54 Å². The van der Waals surface area contributed by atoms with Gasteiger partial charge in [0.1, 0.15) is 42.0 Å². The standard InChI is InChI=1S/C47H60N8O6/c1-25-7-9-47(49,55(25)41(57)16-31-13-28(4)61-29(5)14-31)45-51-22-37(53-45)33-18-35-24-58-38-19-32(17-34-23-59-39(20-33)43(35)42(34)38)36-21-50-44(52-36)46(48)8-6-10-54(46)40(56)15-30-11-26(2)60-27(3)12-30/h17-22,25-31H,6-16,23-24,48-49H2,1-5H3,(H,50,52)(H,51,53)/t25-,26-,27+,28+,29?,30?,31?,46-,47-/m0/s1. The number of likely N-dealkylation sites (tertiary alicyclic amines) is 2. The SMILES string of the molecule is CC1CC(CC(=O)N2[C@@H](C)CC[C@@]2(N)c2ncc(-c3cc4c5c(c3)OCc3cc(-c6cnc([C@]7(N)CCCN7C(=O)CC7C[C@@H](C)O[C@@H](C)C7)[nH]6)cc(c3-5)OC4)[nH]2)C[C@@H](C)O1. The van der Waals surface area contributed by atoms with Gasteiger partial charge in [0.2, 0.25) is 11.8 Å². The summed E-state index contributed by atoms with van der Waals surface area (Å²) in [6.45, 7) is 11.8. The van der Waals surface area contributed by atoms with Crippen LogP contribution in [0, 0.1) is 11.8 Å². The van der Waals surface area contributed by atoms with Crippen molar-refractivity contribution in [1.82, 2.24) is 29.7 Å². The number of amides is 2. The van der Waals surface area contributed by atoms with Gasteiger partial charge in [-0.1, -0.05) is 0 Å². The van der Waals surface area contributed by atoms with Crippen LogP contribution >= 0.6 is 0 Å². The largest absolute Gasteiger partial charge is 0.488 e. The predicted molar refractivity (Wildman–Crippen MR) is 229 cm³/mol. The van der Waals surface area contributed by atoms with Crippen LogP contribution in [0.4, 0.5) is 0 Å². The van der Waals surface area contributed by atoms with E-state index in [1.807, 2.05) is 16.0 Å². The number of carbonyl (C=O) groups is 2. The van der Waals surface area contributed by atoms with E-state index in [4.69, 9.17) is 40.4 Å². The molecule has 2 amide bonds. The molecule has 2 aromatic carbocycles. The number of aromatic amines is 2. The van der Waals surface area contributed by atoms with Crippen LogP contribution in [0.3, 0.4) is 0 Å². The zero-order chi connectivity index (χ0) is 42.4.